The zero-order chi connectivity index (χ0) is 20.3. The highest BCUT2D eigenvalue weighted by atomic mass is 16.4. The zero-order valence-electron chi connectivity index (χ0n) is 16.5. The lowest BCUT2D eigenvalue weighted by molar-refractivity contribution is -0.116. The molecule has 2 heterocycles. The van der Waals surface area contributed by atoms with Crippen LogP contribution in [0.2, 0.25) is 0 Å². The van der Waals surface area contributed by atoms with Crippen LogP contribution >= 0.6 is 0 Å². The molecule has 30 heavy (non-hydrogen) atoms. The molecule has 150 valence electrons. The van der Waals surface area contributed by atoms with E-state index in [9.17, 15) is 4.79 Å². The van der Waals surface area contributed by atoms with Crippen molar-refractivity contribution in [3.8, 4) is 17.0 Å². The molecule has 0 aliphatic heterocycles. The number of hydrogen-bond donors (Lipinski definition) is 1. The SMILES string of the molecule is O=C(CCc1ncc(-c2ccccc2)o1)Nc1c2c(nn1-c1ccccc1)CCC2. The number of anilines is 1. The van der Waals surface area contributed by atoms with E-state index in [0.29, 0.717) is 24.5 Å². The van der Waals surface area contributed by atoms with E-state index in [1.807, 2.05) is 65.3 Å². The van der Waals surface area contributed by atoms with Crippen molar-refractivity contribution in [3.05, 3.63) is 84.0 Å². The summed E-state index contributed by atoms with van der Waals surface area (Å²) in [6.45, 7) is 0. The van der Waals surface area contributed by atoms with Gasteiger partial charge in [0.05, 0.1) is 17.6 Å². The van der Waals surface area contributed by atoms with Gasteiger partial charge < -0.3 is 9.73 Å². The van der Waals surface area contributed by atoms with Gasteiger partial charge in [0.25, 0.3) is 0 Å². The Morgan fingerprint density at radius 2 is 1.80 bits per heavy atom. The van der Waals surface area contributed by atoms with E-state index in [1.54, 1.807) is 6.20 Å². The summed E-state index contributed by atoms with van der Waals surface area (Å²) in [5, 5.41) is 7.83. The number of amides is 1. The lowest BCUT2D eigenvalue weighted by Gasteiger charge is -2.10. The highest BCUT2D eigenvalue weighted by Gasteiger charge is 2.24. The number of carbonyl (C=O) groups is 1. The van der Waals surface area contributed by atoms with Gasteiger partial charge in [-0.15, -0.1) is 0 Å². The average molecular weight is 398 g/mol. The van der Waals surface area contributed by atoms with Crippen LogP contribution in [0.1, 0.15) is 30.0 Å². The van der Waals surface area contributed by atoms with E-state index < -0.39 is 0 Å². The molecule has 5 rings (SSSR count). The van der Waals surface area contributed by atoms with Crippen molar-refractivity contribution < 1.29 is 9.21 Å². The number of aromatic nitrogens is 3. The largest absolute Gasteiger partial charge is 0.441 e. The predicted octanol–water partition coefficient (Wildman–Crippen LogP) is 4.59. The number of benzene rings is 2. The summed E-state index contributed by atoms with van der Waals surface area (Å²) in [6, 6.07) is 19.7. The van der Waals surface area contributed by atoms with Crippen molar-refractivity contribution in [2.75, 3.05) is 5.32 Å². The molecule has 4 aromatic rings. The standard InChI is InChI=1S/C24H22N4O2/c29-22(14-15-23-25-16-21(30-23)17-8-3-1-4-9-17)26-24-19-12-7-13-20(19)27-28(24)18-10-5-2-6-11-18/h1-6,8-11,16H,7,12-15H2,(H,26,29). The minimum atomic E-state index is -0.0683. The van der Waals surface area contributed by atoms with Crippen LogP contribution in [0.4, 0.5) is 5.82 Å². The fraction of sp³-hybridized carbons (Fsp3) is 0.208. The summed E-state index contributed by atoms with van der Waals surface area (Å²) in [6.07, 6.45) is 5.42. The molecule has 2 aromatic heterocycles. The van der Waals surface area contributed by atoms with E-state index in [-0.39, 0.29) is 5.91 Å². The fourth-order valence-corrected chi connectivity index (χ4v) is 3.85. The minimum absolute atomic E-state index is 0.0683. The first-order valence-corrected chi connectivity index (χ1v) is 10.2. The van der Waals surface area contributed by atoms with Gasteiger partial charge in [0.1, 0.15) is 5.82 Å². The van der Waals surface area contributed by atoms with Gasteiger partial charge in [0.15, 0.2) is 11.7 Å². The molecule has 0 saturated carbocycles. The summed E-state index contributed by atoms with van der Waals surface area (Å²) in [7, 11) is 0. The third kappa shape index (κ3) is 3.64. The van der Waals surface area contributed by atoms with Crippen molar-refractivity contribution >= 4 is 11.7 Å². The third-order valence-corrected chi connectivity index (χ3v) is 5.34. The first-order chi connectivity index (χ1) is 14.8. The molecule has 0 saturated heterocycles. The van der Waals surface area contributed by atoms with Gasteiger partial charge in [-0.2, -0.15) is 5.10 Å². The maximum absolute atomic E-state index is 12.7. The Hall–Kier alpha value is -3.67. The monoisotopic (exact) mass is 398 g/mol. The van der Waals surface area contributed by atoms with Gasteiger partial charge in [-0.1, -0.05) is 48.5 Å². The molecule has 0 spiro atoms. The second kappa shape index (κ2) is 7.99. The molecule has 1 aliphatic carbocycles. The number of hydrogen-bond acceptors (Lipinski definition) is 4. The highest BCUT2D eigenvalue weighted by molar-refractivity contribution is 5.91. The molecule has 6 nitrogen and oxygen atoms in total. The first-order valence-electron chi connectivity index (χ1n) is 10.2. The third-order valence-electron chi connectivity index (χ3n) is 5.34. The summed E-state index contributed by atoms with van der Waals surface area (Å²) in [5.41, 5.74) is 4.15. The quantitative estimate of drug-likeness (QED) is 0.516. The smallest absolute Gasteiger partial charge is 0.226 e. The van der Waals surface area contributed by atoms with Crippen molar-refractivity contribution in [1.82, 2.24) is 14.8 Å². The molecule has 0 radical (unpaired) electrons. The van der Waals surface area contributed by atoms with Gasteiger partial charge >= 0.3 is 0 Å². The predicted molar refractivity (Wildman–Crippen MR) is 114 cm³/mol. The Morgan fingerprint density at radius 3 is 2.60 bits per heavy atom. The normalized spacial score (nSPS) is 12.7. The number of nitrogens with zero attached hydrogens (tertiary/aromatic N) is 3. The fourth-order valence-electron chi connectivity index (χ4n) is 3.85. The summed E-state index contributed by atoms with van der Waals surface area (Å²) >= 11 is 0. The number of carbonyl (C=O) groups excluding carboxylic acids is 1. The maximum Gasteiger partial charge on any atom is 0.226 e. The molecule has 2 aromatic carbocycles. The maximum atomic E-state index is 12.7. The highest BCUT2D eigenvalue weighted by Crippen LogP contribution is 2.31. The van der Waals surface area contributed by atoms with Crippen LogP contribution in [0.3, 0.4) is 0 Å². The molecule has 0 bridgehead atoms. The average Bonchev–Trinajstić information content (AvgIpc) is 3.51. The minimum Gasteiger partial charge on any atom is -0.441 e. The van der Waals surface area contributed by atoms with Gasteiger partial charge in [0.2, 0.25) is 5.91 Å². The summed E-state index contributed by atoms with van der Waals surface area (Å²) < 4.78 is 7.66. The molecule has 6 heteroatoms. The van der Waals surface area contributed by atoms with E-state index >= 15 is 0 Å². The number of rotatable bonds is 6. The second-order valence-electron chi connectivity index (χ2n) is 7.41. The number of aryl methyl sites for hydroxylation is 2. The molecule has 1 N–H and O–H groups in total. The van der Waals surface area contributed by atoms with E-state index in [1.165, 1.54) is 0 Å². The van der Waals surface area contributed by atoms with E-state index in [0.717, 1.165) is 47.6 Å². The molecule has 0 fully saturated rings. The topological polar surface area (TPSA) is 73.0 Å². The molecule has 1 aliphatic rings. The van der Waals surface area contributed by atoms with Gasteiger partial charge in [-0.25, -0.2) is 9.67 Å². The Balaban J connectivity index is 1.29. The first kappa shape index (κ1) is 18.4. The van der Waals surface area contributed by atoms with Crippen LogP contribution in [0, 0.1) is 0 Å². The molecule has 0 atom stereocenters. The number of nitrogens with one attached hydrogen (secondary N) is 1. The van der Waals surface area contributed by atoms with Gasteiger partial charge in [-0.05, 0) is 31.4 Å². The Kier molecular flexibility index (Phi) is 4.89. The van der Waals surface area contributed by atoms with Crippen LogP contribution in [0.5, 0.6) is 0 Å². The van der Waals surface area contributed by atoms with E-state index in [4.69, 9.17) is 9.52 Å². The van der Waals surface area contributed by atoms with Gasteiger partial charge in [0, 0.05) is 24.0 Å². The summed E-state index contributed by atoms with van der Waals surface area (Å²) in [5.74, 6) is 1.99. The Bertz CT molecular complexity index is 1160. The molecule has 1 amide bonds. The van der Waals surface area contributed by atoms with Crippen LogP contribution in [0.15, 0.2) is 71.3 Å². The van der Waals surface area contributed by atoms with Crippen LogP contribution in [0.25, 0.3) is 17.0 Å². The molecular weight excluding hydrogens is 376 g/mol. The van der Waals surface area contributed by atoms with Gasteiger partial charge in [-0.3, -0.25) is 4.79 Å². The lowest BCUT2D eigenvalue weighted by Crippen LogP contribution is -2.16. The van der Waals surface area contributed by atoms with Crippen LogP contribution < -0.4 is 5.32 Å². The second-order valence-corrected chi connectivity index (χ2v) is 7.41. The van der Waals surface area contributed by atoms with Crippen molar-refractivity contribution in [2.24, 2.45) is 0 Å². The Morgan fingerprint density at radius 1 is 1.03 bits per heavy atom. The number of oxazole rings is 1. The van der Waals surface area contributed by atoms with Crippen molar-refractivity contribution in [1.29, 1.82) is 0 Å². The number of para-hydroxylation sites is 1. The van der Waals surface area contributed by atoms with E-state index in [2.05, 4.69) is 10.3 Å². The zero-order valence-corrected chi connectivity index (χ0v) is 16.5. The Labute approximate surface area is 174 Å². The van der Waals surface area contributed by atoms with Crippen molar-refractivity contribution in [3.63, 3.8) is 0 Å². The number of fused-ring (bicyclic) bond motifs is 1. The lowest BCUT2D eigenvalue weighted by atomic mass is 10.2. The van der Waals surface area contributed by atoms with Crippen molar-refractivity contribution in [2.45, 2.75) is 32.1 Å². The summed E-state index contributed by atoms with van der Waals surface area (Å²) in [4.78, 5) is 17.0. The van der Waals surface area contributed by atoms with Crippen LogP contribution in [-0.2, 0) is 24.1 Å². The van der Waals surface area contributed by atoms with Crippen LogP contribution in [-0.4, -0.2) is 20.7 Å². The molecular formula is C24H22N4O2. The molecule has 0 unspecified atom stereocenters.